The van der Waals surface area contributed by atoms with Crippen molar-refractivity contribution < 1.29 is 53.0 Å². The molecular formula is C18H8F10O2P2. The van der Waals surface area contributed by atoms with Crippen molar-refractivity contribution >= 4 is 26.2 Å². The van der Waals surface area contributed by atoms with Crippen molar-refractivity contribution in [3.05, 3.63) is 81.0 Å². The van der Waals surface area contributed by atoms with E-state index < -0.39 is 97.2 Å². The van der Waals surface area contributed by atoms with Crippen LogP contribution in [0.5, 0.6) is 0 Å². The van der Waals surface area contributed by atoms with E-state index in [2.05, 4.69) is 0 Å². The van der Waals surface area contributed by atoms with Crippen molar-refractivity contribution in [1.29, 1.82) is 0 Å². The van der Waals surface area contributed by atoms with Gasteiger partial charge < -0.3 is 9.13 Å². The molecule has 0 radical (unpaired) electrons. The molecule has 14 heteroatoms. The van der Waals surface area contributed by atoms with Gasteiger partial charge in [-0.2, -0.15) is 0 Å². The van der Waals surface area contributed by atoms with Crippen LogP contribution in [0.25, 0.3) is 0 Å². The number of allylic oxidation sites excluding steroid dienone is 4. The van der Waals surface area contributed by atoms with E-state index in [9.17, 15) is 53.0 Å². The van der Waals surface area contributed by atoms with Crippen molar-refractivity contribution in [2.45, 2.75) is 12.8 Å². The fourth-order valence-electron chi connectivity index (χ4n) is 2.95. The van der Waals surface area contributed by atoms with Crippen LogP contribution in [0, 0.1) is 58.2 Å². The first-order valence-electron chi connectivity index (χ1n) is 8.42. The second-order valence-electron chi connectivity index (χ2n) is 6.43. The lowest BCUT2D eigenvalue weighted by atomic mass is 10.2. The summed E-state index contributed by atoms with van der Waals surface area (Å²) in [6.07, 6.45) is 0.753. The molecule has 0 saturated carbocycles. The summed E-state index contributed by atoms with van der Waals surface area (Å²) in [7, 11) is -7.55. The van der Waals surface area contributed by atoms with E-state index in [1.165, 1.54) is 0 Å². The average Bonchev–Trinajstić information content (AvgIpc) is 2.79. The zero-order chi connectivity index (χ0) is 24.1. The lowest BCUT2D eigenvalue weighted by molar-refractivity contribution is 0.384. The van der Waals surface area contributed by atoms with Crippen molar-refractivity contribution in [1.82, 2.24) is 0 Å². The molecule has 32 heavy (non-hydrogen) atoms. The topological polar surface area (TPSA) is 34.1 Å². The van der Waals surface area contributed by atoms with Gasteiger partial charge in [0, 0.05) is 0 Å². The van der Waals surface area contributed by atoms with Gasteiger partial charge in [0.1, 0.15) is 15.6 Å². The van der Waals surface area contributed by atoms with E-state index in [-0.39, 0.29) is 10.6 Å². The Labute approximate surface area is 173 Å². The van der Waals surface area contributed by atoms with E-state index >= 15 is 0 Å². The molecule has 1 aliphatic carbocycles. The normalized spacial score (nSPS) is 15.9. The molecule has 0 aromatic heterocycles. The third-order valence-corrected chi connectivity index (χ3v) is 8.39. The molecule has 2 aromatic carbocycles. The molecule has 0 spiro atoms. The minimum Gasteiger partial charge on any atom is -0.317 e. The summed E-state index contributed by atoms with van der Waals surface area (Å²) < 4.78 is 160. The molecule has 2 aromatic rings. The minimum atomic E-state index is -3.77. The van der Waals surface area contributed by atoms with Crippen LogP contribution in [-0.4, -0.2) is 0 Å². The predicted octanol–water partition coefficient (Wildman–Crippen LogP) is 5.71. The highest BCUT2D eigenvalue weighted by molar-refractivity contribution is 7.58. The van der Waals surface area contributed by atoms with Gasteiger partial charge >= 0.3 is 0 Å². The highest BCUT2D eigenvalue weighted by Gasteiger charge is 2.33. The Hall–Kier alpha value is -2.32. The monoisotopic (exact) mass is 508 g/mol. The first-order chi connectivity index (χ1) is 14.9. The molecule has 0 saturated heterocycles. The van der Waals surface area contributed by atoms with Crippen LogP contribution in [0.1, 0.15) is 12.8 Å². The molecule has 0 amide bonds. The summed E-state index contributed by atoms with van der Waals surface area (Å²) in [5.74, 6) is -23.3. The standard InChI is InChI=1S/C18H8F10O2P2/c19-7-9(21)13(25)17(14(26)10(7)22)31(29)5-1-2-6(4-3-5)32(30)18-15(27)11(23)8(20)12(24)16(18)28/h1-2,31-32H,3-4H2. The van der Waals surface area contributed by atoms with Gasteiger partial charge in [-0.1, -0.05) is 12.2 Å². The van der Waals surface area contributed by atoms with Crippen LogP contribution in [0.15, 0.2) is 22.8 Å². The van der Waals surface area contributed by atoms with E-state index in [4.69, 9.17) is 0 Å². The summed E-state index contributed by atoms with van der Waals surface area (Å²) in [6, 6.07) is 0. The first-order valence-corrected chi connectivity index (χ1v) is 11.2. The van der Waals surface area contributed by atoms with Crippen LogP contribution >= 0.6 is 15.6 Å². The Balaban J connectivity index is 2.01. The molecule has 0 heterocycles. The summed E-state index contributed by atoms with van der Waals surface area (Å²) >= 11 is 0. The molecule has 0 bridgehead atoms. The van der Waals surface area contributed by atoms with E-state index in [0.29, 0.717) is 0 Å². The van der Waals surface area contributed by atoms with Gasteiger partial charge in [-0.3, -0.25) is 0 Å². The van der Waals surface area contributed by atoms with E-state index in [1.807, 2.05) is 0 Å². The van der Waals surface area contributed by atoms with Crippen LogP contribution in [-0.2, 0) is 9.13 Å². The third kappa shape index (κ3) is 3.83. The van der Waals surface area contributed by atoms with Gasteiger partial charge in [0.15, 0.2) is 46.5 Å². The molecule has 0 aliphatic heterocycles. The summed E-state index contributed by atoms with van der Waals surface area (Å²) in [5, 5.41) is -3.76. The number of hydrogen-bond donors (Lipinski definition) is 0. The minimum absolute atomic E-state index is 0.325. The second-order valence-corrected chi connectivity index (χ2v) is 10.0. The largest absolute Gasteiger partial charge is 0.317 e. The Morgan fingerprint density at radius 1 is 0.438 bits per heavy atom. The Morgan fingerprint density at radius 3 is 0.875 bits per heavy atom. The number of benzene rings is 2. The fraction of sp³-hybridized carbons (Fsp3) is 0.111. The maximum absolute atomic E-state index is 13.9. The molecule has 3 rings (SSSR count). The van der Waals surface area contributed by atoms with Crippen molar-refractivity contribution in [2.75, 3.05) is 0 Å². The van der Waals surface area contributed by atoms with Gasteiger partial charge in [-0.15, -0.1) is 0 Å². The van der Waals surface area contributed by atoms with Gasteiger partial charge in [0.05, 0.1) is 10.6 Å². The third-order valence-electron chi connectivity index (χ3n) is 4.61. The number of rotatable bonds is 4. The van der Waals surface area contributed by atoms with Crippen LogP contribution < -0.4 is 10.6 Å². The zero-order valence-corrected chi connectivity index (χ0v) is 17.2. The highest BCUT2D eigenvalue weighted by Crippen LogP contribution is 2.45. The van der Waals surface area contributed by atoms with Gasteiger partial charge in [-0.05, 0) is 23.5 Å². The number of hydrogen-bond acceptors (Lipinski definition) is 2. The van der Waals surface area contributed by atoms with Crippen molar-refractivity contribution in [3.8, 4) is 0 Å². The van der Waals surface area contributed by atoms with Crippen LogP contribution in [0.4, 0.5) is 43.9 Å². The maximum atomic E-state index is 13.9. The van der Waals surface area contributed by atoms with Crippen LogP contribution in [0.3, 0.4) is 0 Å². The molecule has 0 fully saturated rings. The van der Waals surface area contributed by atoms with Gasteiger partial charge in [0.25, 0.3) is 0 Å². The summed E-state index contributed by atoms with van der Waals surface area (Å²) in [6.45, 7) is 0. The molecule has 172 valence electrons. The summed E-state index contributed by atoms with van der Waals surface area (Å²) in [4.78, 5) is 0. The Kier molecular flexibility index (Phi) is 6.77. The summed E-state index contributed by atoms with van der Waals surface area (Å²) in [5.41, 5.74) is 0. The highest BCUT2D eigenvalue weighted by atomic mass is 31.1. The second kappa shape index (κ2) is 8.90. The molecule has 2 unspecified atom stereocenters. The Bertz CT molecular complexity index is 1110. The van der Waals surface area contributed by atoms with Crippen molar-refractivity contribution in [3.63, 3.8) is 0 Å². The number of halogens is 10. The smallest absolute Gasteiger partial charge is 0.200 e. The zero-order valence-electron chi connectivity index (χ0n) is 15.2. The van der Waals surface area contributed by atoms with Gasteiger partial charge in [-0.25, -0.2) is 43.9 Å². The quantitative estimate of drug-likeness (QED) is 0.230. The fourth-order valence-corrected chi connectivity index (χ4v) is 6.00. The maximum Gasteiger partial charge on any atom is 0.200 e. The predicted molar refractivity (Wildman–Crippen MR) is 95.1 cm³/mol. The van der Waals surface area contributed by atoms with E-state index in [0.717, 1.165) is 12.2 Å². The van der Waals surface area contributed by atoms with Gasteiger partial charge in [0.2, 0.25) is 11.6 Å². The molecule has 2 atom stereocenters. The SMILES string of the molecule is O=[PH](C1=CC=C([PH](=O)c2c(F)c(F)c(F)c(F)c2F)CC1)c1c(F)c(F)c(F)c(F)c1F. The molecule has 2 nitrogen and oxygen atoms in total. The Morgan fingerprint density at radius 2 is 0.656 bits per heavy atom. The molecule has 0 N–H and O–H groups in total. The van der Waals surface area contributed by atoms with Crippen LogP contribution in [0.2, 0.25) is 0 Å². The van der Waals surface area contributed by atoms with E-state index in [1.54, 1.807) is 0 Å². The average molecular weight is 508 g/mol. The lowest BCUT2D eigenvalue weighted by Crippen LogP contribution is -2.18. The first kappa shape index (κ1) is 24.3. The molecular weight excluding hydrogens is 500 g/mol. The van der Waals surface area contributed by atoms with Crippen molar-refractivity contribution in [2.24, 2.45) is 0 Å². The lowest BCUT2D eigenvalue weighted by Gasteiger charge is -2.17. The molecule has 1 aliphatic rings.